The minimum absolute atomic E-state index is 0.250. The van der Waals surface area contributed by atoms with Crippen LogP contribution in [0.2, 0.25) is 0 Å². The molecule has 1 aromatic rings. The number of rotatable bonds is 4. The third-order valence-corrected chi connectivity index (χ3v) is 3.92. The van der Waals surface area contributed by atoms with E-state index in [2.05, 4.69) is 25.9 Å². The van der Waals surface area contributed by atoms with Crippen molar-refractivity contribution in [3.63, 3.8) is 0 Å². The van der Waals surface area contributed by atoms with Crippen LogP contribution >= 0.6 is 0 Å². The molecule has 0 radical (unpaired) electrons. The van der Waals surface area contributed by atoms with Crippen molar-refractivity contribution in [3.05, 3.63) is 17.0 Å². The molecule has 2 atom stereocenters. The molecule has 1 aliphatic rings. The molecule has 0 aliphatic heterocycles. The zero-order chi connectivity index (χ0) is 14.0. The van der Waals surface area contributed by atoms with E-state index in [9.17, 15) is 9.90 Å². The molecule has 0 aromatic carbocycles. The highest BCUT2D eigenvalue weighted by Gasteiger charge is 2.30. The predicted molar refractivity (Wildman–Crippen MR) is 72.4 cm³/mol. The summed E-state index contributed by atoms with van der Waals surface area (Å²) in [5.41, 5.74) is 1.00. The number of hydrogen-bond acceptors (Lipinski definition) is 3. The zero-order valence-corrected chi connectivity index (χ0v) is 12.0. The molecule has 2 rings (SSSR count). The second-order valence-corrected chi connectivity index (χ2v) is 6.24. The van der Waals surface area contributed by atoms with E-state index in [1.54, 1.807) is 0 Å². The number of carboxylic acid groups (broad SMARTS) is 1. The molecule has 0 spiro atoms. The van der Waals surface area contributed by atoms with Gasteiger partial charge in [-0.15, -0.1) is 0 Å². The Labute approximate surface area is 114 Å². The van der Waals surface area contributed by atoms with Gasteiger partial charge in [0.2, 0.25) is 0 Å². The van der Waals surface area contributed by atoms with Gasteiger partial charge in [-0.1, -0.05) is 38.8 Å². The Hall–Kier alpha value is -1.32. The summed E-state index contributed by atoms with van der Waals surface area (Å²) in [7, 11) is 0. The highest BCUT2D eigenvalue weighted by molar-refractivity contribution is 5.90. The van der Waals surface area contributed by atoms with Crippen molar-refractivity contribution in [1.29, 1.82) is 0 Å². The lowest BCUT2D eigenvalue weighted by molar-refractivity contribution is 0.0692. The van der Waals surface area contributed by atoms with Crippen LogP contribution in [0.5, 0.6) is 0 Å². The van der Waals surface area contributed by atoms with Gasteiger partial charge >= 0.3 is 5.97 Å². The van der Waals surface area contributed by atoms with Crippen LogP contribution in [0.15, 0.2) is 4.52 Å². The summed E-state index contributed by atoms with van der Waals surface area (Å²) in [4.78, 5) is 11.5. The molecular formula is C15H23NO3. The van der Waals surface area contributed by atoms with E-state index in [1.165, 1.54) is 6.42 Å². The van der Waals surface area contributed by atoms with Crippen LogP contribution < -0.4 is 0 Å². The normalized spacial score (nSPS) is 23.8. The molecule has 4 heteroatoms. The Kier molecular flexibility index (Phi) is 4.27. The van der Waals surface area contributed by atoms with Gasteiger partial charge in [0.15, 0.2) is 5.76 Å². The molecule has 1 fully saturated rings. The van der Waals surface area contributed by atoms with Gasteiger partial charge in [0.05, 0.1) is 0 Å². The Morgan fingerprint density at radius 1 is 1.47 bits per heavy atom. The Bertz CT molecular complexity index is 450. The van der Waals surface area contributed by atoms with Crippen LogP contribution in [0.4, 0.5) is 0 Å². The molecule has 4 nitrogen and oxygen atoms in total. The first-order valence-electron chi connectivity index (χ1n) is 7.20. The molecule has 1 aromatic heterocycles. The molecule has 0 saturated heterocycles. The van der Waals surface area contributed by atoms with Gasteiger partial charge in [-0.05, 0) is 24.7 Å². The van der Waals surface area contributed by atoms with E-state index in [1.807, 2.05) is 0 Å². The summed E-state index contributed by atoms with van der Waals surface area (Å²) < 4.78 is 5.33. The van der Waals surface area contributed by atoms with Crippen molar-refractivity contribution in [1.82, 2.24) is 5.16 Å². The monoisotopic (exact) mass is 265 g/mol. The molecule has 19 heavy (non-hydrogen) atoms. The number of hydrogen-bond donors (Lipinski definition) is 1. The second kappa shape index (κ2) is 5.76. The third kappa shape index (κ3) is 3.17. The summed E-state index contributed by atoms with van der Waals surface area (Å²) in [6.07, 6.45) is 5.07. The summed E-state index contributed by atoms with van der Waals surface area (Å²) in [5.74, 6) is 0.898. The van der Waals surface area contributed by atoms with Crippen molar-refractivity contribution in [2.24, 2.45) is 11.8 Å². The fourth-order valence-corrected chi connectivity index (χ4v) is 3.04. The Morgan fingerprint density at radius 3 is 2.79 bits per heavy atom. The van der Waals surface area contributed by atoms with Gasteiger partial charge in [0.1, 0.15) is 11.3 Å². The summed E-state index contributed by atoms with van der Waals surface area (Å²) >= 11 is 0. The molecule has 2 unspecified atom stereocenters. The molecule has 1 heterocycles. The van der Waals surface area contributed by atoms with Crippen molar-refractivity contribution in [2.45, 2.75) is 58.8 Å². The van der Waals surface area contributed by atoms with E-state index < -0.39 is 5.97 Å². The standard InChI is InChI=1S/C15H23NO3/c1-9(2)7-12-13(15(17)18)14(16-19-12)11-6-4-5-10(3)8-11/h9-11H,4-8H2,1-3H3,(H,17,18). The Balaban J connectivity index is 2.29. The van der Waals surface area contributed by atoms with Gasteiger partial charge in [-0.3, -0.25) is 0 Å². The van der Waals surface area contributed by atoms with Crippen LogP contribution in [0.3, 0.4) is 0 Å². The molecule has 1 saturated carbocycles. The van der Waals surface area contributed by atoms with Gasteiger partial charge < -0.3 is 9.63 Å². The van der Waals surface area contributed by atoms with Gasteiger partial charge in [0.25, 0.3) is 0 Å². The van der Waals surface area contributed by atoms with Crippen molar-refractivity contribution in [3.8, 4) is 0 Å². The highest BCUT2D eigenvalue weighted by Crippen LogP contribution is 2.37. The van der Waals surface area contributed by atoms with Crippen molar-refractivity contribution in [2.75, 3.05) is 0 Å². The van der Waals surface area contributed by atoms with Gasteiger partial charge in [-0.2, -0.15) is 0 Å². The molecule has 1 N–H and O–H groups in total. The maximum absolute atomic E-state index is 11.5. The molecular weight excluding hydrogens is 242 g/mol. The largest absolute Gasteiger partial charge is 0.477 e. The van der Waals surface area contributed by atoms with E-state index >= 15 is 0 Å². The summed E-state index contributed by atoms with van der Waals surface area (Å²) in [5, 5.41) is 13.5. The van der Waals surface area contributed by atoms with Gasteiger partial charge in [0, 0.05) is 12.3 Å². The Morgan fingerprint density at radius 2 is 2.21 bits per heavy atom. The third-order valence-electron chi connectivity index (χ3n) is 3.92. The number of nitrogens with zero attached hydrogens (tertiary/aromatic N) is 1. The molecule has 0 amide bonds. The first kappa shape index (κ1) is 14.1. The fourth-order valence-electron chi connectivity index (χ4n) is 3.04. The van der Waals surface area contributed by atoms with E-state index in [0.29, 0.717) is 35.3 Å². The first-order valence-corrected chi connectivity index (χ1v) is 7.20. The quantitative estimate of drug-likeness (QED) is 0.897. The molecule has 0 bridgehead atoms. The van der Waals surface area contributed by atoms with Crippen molar-refractivity contribution < 1.29 is 14.4 Å². The van der Waals surface area contributed by atoms with Crippen molar-refractivity contribution >= 4 is 5.97 Å². The SMILES string of the molecule is CC(C)Cc1onc(C2CCCC(C)C2)c1C(=O)O. The fraction of sp³-hybridized carbons (Fsp3) is 0.733. The first-order chi connectivity index (χ1) is 8.99. The lowest BCUT2D eigenvalue weighted by atomic mass is 9.79. The number of carboxylic acids is 1. The van der Waals surface area contributed by atoms with Crippen LogP contribution in [-0.2, 0) is 6.42 Å². The van der Waals surface area contributed by atoms with E-state index in [-0.39, 0.29) is 5.92 Å². The summed E-state index contributed by atoms with van der Waals surface area (Å²) in [6, 6.07) is 0. The van der Waals surface area contributed by atoms with E-state index in [0.717, 1.165) is 19.3 Å². The maximum Gasteiger partial charge on any atom is 0.341 e. The minimum Gasteiger partial charge on any atom is -0.477 e. The maximum atomic E-state index is 11.5. The predicted octanol–water partition coefficient (Wildman–Crippen LogP) is 3.87. The van der Waals surface area contributed by atoms with Gasteiger partial charge in [-0.25, -0.2) is 4.79 Å². The topological polar surface area (TPSA) is 63.3 Å². The minimum atomic E-state index is -0.898. The smallest absolute Gasteiger partial charge is 0.341 e. The van der Waals surface area contributed by atoms with Crippen LogP contribution in [0.1, 0.15) is 74.2 Å². The number of aromatic carboxylic acids is 1. The lowest BCUT2D eigenvalue weighted by Gasteiger charge is -2.25. The lowest BCUT2D eigenvalue weighted by Crippen LogP contribution is -2.15. The highest BCUT2D eigenvalue weighted by atomic mass is 16.5. The molecule has 106 valence electrons. The number of carbonyl (C=O) groups is 1. The van der Waals surface area contributed by atoms with E-state index in [4.69, 9.17) is 4.52 Å². The van der Waals surface area contributed by atoms with Crippen LogP contribution in [0, 0.1) is 11.8 Å². The molecule has 1 aliphatic carbocycles. The zero-order valence-electron chi connectivity index (χ0n) is 12.0. The average Bonchev–Trinajstić information content (AvgIpc) is 2.71. The summed E-state index contributed by atoms with van der Waals surface area (Å²) in [6.45, 7) is 6.33. The van der Waals surface area contributed by atoms with Crippen LogP contribution in [-0.4, -0.2) is 16.2 Å². The second-order valence-electron chi connectivity index (χ2n) is 6.24. The van der Waals surface area contributed by atoms with Crippen LogP contribution in [0.25, 0.3) is 0 Å². The number of aromatic nitrogens is 1. The average molecular weight is 265 g/mol.